The van der Waals surface area contributed by atoms with E-state index in [1.807, 2.05) is 25.1 Å². The van der Waals surface area contributed by atoms with Crippen molar-refractivity contribution in [3.05, 3.63) is 76.3 Å². The predicted molar refractivity (Wildman–Crippen MR) is 133 cm³/mol. The average Bonchev–Trinajstić information content (AvgIpc) is 2.82. The summed E-state index contributed by atoms with van der Waals surface area (Å²) in [5.41, 5.74) is 3.22. The van der Waals surface area contributed by atoms with Gasteiger partial charge in [0.15, 0.2) is 5.82 Å². The van der Waals surface area contributed by atoms with Crippen LogP contribution in [0.25, 0.3) is 11.4 Å². The second-order valence-electron chi connectivity index (χ2n) is 8.83. The molecule has 6 nitrogen and oxygen atoms in total. The number of ether oxygens (including phenoxy) is 2. The number of carbonyl (C=O) groups is 1. The third-order valence-electron chi connectivity index (χ3n) is 5.88. The molecule has 1 aliphatic heterocycles. The second kappa shape index (κ2) is 11.6. The van der Waals surface area contributed by atoms with E-state index in [2.05, 4.69) is 21.8 Å². The maximum absolute atomic E-state index is 14.9. The fraction of sp³-hybridized carbons (Fsp3) is 0.370. The van der Waals surface area contributed by atoms with Gasteiger partial charge < -0.3 is 9.47 Å². The number of hydrogen-bond acceptors (Lipinski definition) is 6. The Hall–Kier alpha value is -3.03. The van der Waals surface area contributed by atoms with Crippen molar-refractivity contribution in [2.75, 3.05) is 19.7 Å². The van der Waals surface area contributed by atoms with Gasteiger partial charge >= 0.3 is 5.97 Å². The molecule has 0 saturated carbocycles. The Labute approximate surface area is 210 Å². The average molecular weight is 498 g/mol. The van der Waals surface area contributed by atoms with Gasteiger partial charge in [-0.3, -0.25) is 9.69 Å². The lowest BCUT2D eigenvalue weighted by Gasteiger charge is -2.30. The molecule has 3 aromatic rings. The van der Waals surface area contributed by atoms with E-state index in [4.69, 9.17) is 21.1 Å². The zero-order valence-corrected chi connectivity index (χ0v) is 20.7. The van der Waals surface area contributed by atoms with Crippen LogP contribution in [0.4, 0.5) is 4.39 Å². The highest BCUT2D eigenvalue weighted by Gasteiger charge is 2.22. The van der Waals surface area contributed by atoms with E-state index in [-0.39, 0.29) is 11.9 Å². The van der Waals surface area contributed by atoms with E-state index < -0.39 is 5.82 Å². The number of rotatable bonds is 9. The van der Waals surface area contributed by atoms with Crippen LogP contribution in [0, 0.1) is 11.7 Å². The van der Waals surface area contributed by atoms with Gasteiger partial charge in [0, 0.05) is 55.3 Å². The van der Waals surface area contributed by atoms with Crippen molar-refractivity contribution >= 4 is 17.6 Å². The molecule has 1 unspecified atom stereocenters. The highest BCUT2D eigenvalue weighted by Crippen LogP contribution is 2.27. The van der Waals surface area contributed by atoms with Gasteiger partial charge in [-0.15, -0.1) is 0 Å². The van der Waals surface area contributed by atoms with Crippen molar-refractivity contribution in [2.45, 2.75) is 39.8 Å². The van der Waals surface area contributed by atoms with Gasteiger partial charge in [0.25, 0.3) is 0 Å². The number of aromatic nitrogens is 2. The van der Waals surface area contributed by atoms with Crippen LogP contribution in [-0.4, -0.2) is 40.5 Å². The number of hydrogen-bond donors (Lipinski definition) is 0. The molecule has 35 heavy (non-hydrogen) atoms. The van der Waals surface area contributed by atoms with Crippen LogP contribution >= 0.6 is 11.6 Å². The number of benzene rings is 2. The molecule has 184 valence electrons. The molecule has 0 spiro atoms. The molecule has 0 N–H and O–H groups in total. The van der Waals surface area contributed by atoms with E-state index in [9.17, 15) is 9.18 Å². The fourth-order valence-electron chi connectivity index (χ4n) is 4.23. The summed E-state index contributed by atoms with van der Waals surface area (Å²) >= 11 is 6.00. The molecule has 0 bridgehead atoms. The Bertz CT molecular complexity index is 1190. The van der Waals surface area contributed by atoms with Crippen molar-refractivity contribution in [2.24, 2.45) is 5.92 Å². The molecular weight excluding hydrogens is 469 g/mol. The van der Waals surface area contributed by atoms with Crippen LogP contribution in [0.15, 0.2) is 48.7 Å². The van der Waals surface area contributed by atoms with Gasteiger partial charge in [-0.1, -0.05) is 30.7 Å². The molecule has 2 heterocycles. The standard InChI is InChI=1S/C27H29ClFN3O3/c1-3-34-26(33)11-18(2)15-32-10-9-25-20(16-32)14-30-27(31-25)23-8-7-22(13-24(23)29)35-17-19-5-4-6-21(28)12-19/h4-8,12-14,18H,3,9-11,15-17H2,1-2H3. The van der Waals surface area contributed by atoms with Crippen LogP contribution in [0.1, 0.15) is 37.1 Å². The lowest BCUT2D eigenvalue weighted by Crippen LogP contribution is -2.35. The SMILES string of the molecule is CCOC(=O)CC(C)CN1CCc2nc(-c3ccc(OCc4cccc(Cl)c4)cc3F)ncc2C1. The Morgan fingerprint density at radius 1 is 1.26 bits per heavy atom. The Morgan fingerprint density at radius 2 is 2.11 bits per heavy atom. The highest BCUT2D eigenvalue weighted by molar-refractivity contribution is 6.30. The van der Waals surface area contributed by atoms with Gasteiger partial charge in [0.05, 0.1) is 17.9 Å². The molecule has 0 radical (unpaired) electrons. The van der Waals surface area contributed by atoms with Gasteiger partial charge in [-0.25, -0.2) is 14.4 Å². The molecular formula is C27H29ClFN3O3. The molecule has 1 atom stereocenters. The zero-order valence-electron chi connectivity index (χ0n) is 20.0. The van der Waals surface area contributed by atoms with E-state index in [0.29, 0.717) is 48.3 Å². The summed E-state index contributed by atoms with van der Waals surface area (Å²) in [6, 6.07) is 12.1. The largest absolute Gasteiger partial charge is 0.489 e. The van der Waals surface area contributed by atoms with Gasteiger partial charge in [0.2, 0.25) is 0 Å². The summed E-state index contributed by atoms with van der Waals surface area (Å²) in [6.07, 6.45) is 2.94. The van der Waals surface area contributed by atoms with Gasteiger partial charge in [-0.05, 0) is 42.7 Å². The minimum absolute atomic E-state index is 0.159. The summed E-state index contributed by atoms with van der Waals surface area (Å²) in [4.78, 5) is 23.1. The van der Waals surface area contributed by atoms with Crippen molar-refractivity contribution in [3.8, 4) is 17.1 Å². The zero-order chi connectivity index (χ0) is 24.8. The van der Waals surface area contributed by atoms with Crippen LogP contribution < -0.4 is 4.74 Å². The minimum Gasteiger partial charge on any atom is -0.489 e. The first kappa shape index (κ1) is 25.1. The van der Waals surface area contributed by atoms with Crippen LogP contribution in [0.3, 0.4) is 0 Å². The second-order valence-corrected chi connectivity index (χ2v) is 9.26. The summed E-state index contributed by atoms with van der Waals surface area (Å²) in [5, 5.41) is 0.631. The molecule has 1 aromatic heterocycles. The van der Waals surface area contributed by atoms with E-state index in [0.717, 1.165) is 36.3 Å². The molecule has 0 amide bonds. The fourth-order valence-corrected chi connectivity index (χ4v) is 4.44. The quantitative estimate of drug-likeness (QED) is 0.366. The summed E-state index contributed by atoms with van der Waals surface area (Å²) in [5.74, 6) is 0.403. The predicted octanol–water partition coefficient (Wildman–Crippen LogP) is 5.46. The Balaban J connectivity index is 1.38. The molecule has 2 aromatic carbocycles. The lowest BCUT2D eigenvalue weighted by molar-refractivity contribution is -0.144. The Kier molecular flexibility index (Phi) is 8.31. The number of esters is 1. The maximum atomic E-state index is 14.9. The number of nitrogens with zero attached hydrogens (tertiary/aromatic N) is 3. The normalized spacial score (nSPS) is 14.3. The smallest absolute Gasteiger partial charge is 0.306 e. The summed E-state index contributed by atoms with van der Waals surface area (Å²) in [6.45, 7) is 6.90. The summed E-state index contributed by atoms with van der Waals surface area (Å²) in [7, 11) is 0. The third-order valence-corrected chi connectivity index (χ3v) is 6.11. The third kappa shape index (κ3) is 6.77. The molecule has 0 aliphatic carbocycles. The first-order valence-electron chi connectivity index (χ1n) is 11.8. The topological polar surface area (TPSA) is 64.5 Å². The lowest BCUT2D eigenvalue weighted by atomic mass is 10.0. The molecule has 8 heteroatoms. The van der Waals surface area contributed by atoms with Crippen molar-refractivity contribution in [1.29, 1.82) is 0 Å². The van der Waals surface area contributed by atoms with Crippen LogP contribution in [0.5, 0.6) is 5.75 Å². The first-order chi connectivity index (χ1) is 16.9. The molecule has 0 saturated heterocycles. The van der Waals surface area contributed by atoms with Gasteiger partial charge in [-0.2, -0.15) is 0 Å². The number of halogens is 2. The van der Waals surface area contributed by atoms with E-state index >= 15 is 0 Å². The van der Waals surface area contributed by atoms with Crippen LogP contribution in [0.2, 0.25) is 5.02 Å². The number of fused-ring (bicyclic) bond motifs is 1. The molecule has 0 fully saturated rings. The van der Waals surface area contributed by atoms with Crippen molar-refractivity contribution in [3.63, 3.8) is 0 Å². The van der Waals surface area contributed by atoms with Crippen molar-refractivity contribution in [1.82, 2.24) is 14.9 Å². The van der Waals surface area contributed by atoms with Crippen molar-refractivity contribution < 1.29 is 18.7 Å². The monoisotopic (exact) mass is 497 g/mol. The first-order valence-corrected chi connectivity index (χ1v) is 12.2. The maximum Gasteiger partial charge on any atom is 0.306 e. The number of carbonyl (C=O) groups excluding carboxylic acids is 1. The molecule has 4 rings (SSSR count). The minimum atomic E-state index is -0.432. The van der Waals surface area contributed by atoms with Crippen LogP contribution in [-0.2, 0) is 29.1 Å². The summed E-state index contributed by atoms with van der Waals surface area (Å²) < 4.78 is 25.7. The Morgan fingerprint density at radius 3 is 2.89 bits per heavy atom. The van der Waals surface area contributed by atoms with E-state index in [1.165, 1.54) is 6.07 Å². The molecule has 1 aliphatic rings. The van der Waals surface area contributed by atoms with Gasteiger partial charge in [0.1, 0.15) is 18.2 Å². The highest BCUT2D eigenvalue weighted by atomic mass is 35.5. The van der Waals surface area contributed by atoms with E-state index in [1.54, 1.807) is 24.4 Å².